The Bertz CT molecular complexity index is 280. The number of nitrogens with one attached hydrogen (secondary N) is 2. The average molecular weight is 295 g/mol. The van der Waals surface area contributed by atoms with Gasteiger partial charge in [0.15, 0.2) is 5.96 Å². The number of aliphatic imine (C=N–C) groups is 1. The molecule has 0 aliphatic carbocycles. The van der Waals surface area contributed by atoms with Gasteiger partial charge in [0.25, 0.3) is 0 Å². The maximum atomic E-state index is 5.43. The lowest BCUT2D eigenvalue weighted by Crippen LogP contribution is -2.30. The third kappa shape index (κ3) is 4.11. The second-order valence-corrected chi connectivity index (χ2v) is 2.50. The number of aryl methyl sites for hydroxylation is 1. The molecule has 0 bridgehead atoms. The third-order valence-corrected chi connectivity index (χ3v) is 1.45. The summed E-state index contributed by atoms with van der Waals surface area (Å²) in [6.45, 7) is 2.56. The summed E-state index contributed by atoms with van der Waals surface area (Å²) in [6, 6.07) is 1.95. The van der Waals surface area contributed by atoms with Gasteiger partial charge in [0.2, 0.25) is 0 Å². The Morgan fingerprint density at radius 2 is 2.46 bits per heavy atom. The highest BCUT2D eigenvalue weighted by Gasteiger charge is 1.96. The lowest BCUT2D eigenvalue weighted by molar-refractivity contribution is 0.848. The molecule has 74 valence electrons. The van der Waals surface area contributed by atoms with Crippen LogP contribution in [0.5, 0.6) is 0 Å². The molecule has 1 aromatic heterocycles. The first-order valence-electron chi connectivity index (χ1n) is 3.69. The molecule has 4 N–H and O–H groups in total. The first-order chi connectivity index (χ1) is 5.72. The highest BCUT2D eigenvalue weighted by atomic mass is 127. The van der Waals surface area contributed by atoms with Crippen LogP contribution in [0, 0.1) is 6.92 Å². The van der Waals surface area contributed by atoms with Gasteiger partial charge in [0.1, 0.15) is 0 Å². The van der Waals surface area contributed by atoms with Crippen molar-refractivity contribution in [2.75, 3.05) is 7.05 Å². The van der Waals surface area contributed by atoms with Crippen molar-refractivity contribution in [3.63, 3.8) is 0 Å². The van der Waals surface area contributed by atoms with Crippen molar-refractivity contribution in [1.29, 1.82) is 0 Å². The van der Waals surface area contributed by atoms with E-state index in [2.05, 4.69) is 20.5 Å². The number of hydrogen-bond donors (Lipinski definition) is 3. The molecular formula is C7H14IN5. The van der Waals surface area contributed by atoms with E-state index < -0.39 is 0 Å². The molecule has 0 aliphatic heterocycles. The predicted octanol–water partition coefficient (Wildman–Crippen LogP) is 0.370. The van der Waals surface area contributed by atoms with E-state index >= 15 is 0 Å². The van der Waals surface area contributed by atoms with Crippen LogP contribution in [0.3, 0.4) is 0 Å². The smallest absolute Gasteiger partial charge is 0.188 e. The Balaban J connectivity index is 0.00000144. The predicted molar refractivity (Wildman–Crippen MR) is 63.1 cm³/mol. The monoisotopic (exact) mass is 295 g/mol. The van der Waals surface area contributed by atoms with E-state index in [9.17, 15) is 0 Å². The Morgan fingerprint density at radius 1 is 1.77 bits per heavy atom. The Hall–Kier alpha value is -0.790. The zero-order valence-corrected chi connectivity index (χ0v) is 9.99. The maximum absolute atomic E-state index is 5.43. The van der Waals surface area contributed by atoms with Crippen molar-refractivity contribution in [3.8, 4) is 0 Å². The summed E-state index contributed by atoms with van der Waals surface area (Å²) in [5, 5.41) is 9.77. The minimum Gasteiger partial charge on any atom is -0.370 e. The van der Waals surface area contributed by atoms with Gasteiger partial charge in [0, 0.05) is 12.7 Å². The van der Waals surface area contributed by atoms with Gasteiger partial charge in [0.05, 0.1) is 12.2 Å². The topological polar surface area (TPSA) is 79.1 Å². The summed E-state index contributed by atoms with van der Waals surface area (Å²) in [6.07, 6.45) is 0. The number of nitrogens with zero attached hydrogens (tertiary/aromatic N) is 2. The molecule has 0 aromatic carbocycles. The molecule has 0 radical (unpaired) electrons. The normalized spacial score (nSPS) is 10.8. The molecule has 0 amide bonds. The SMILES string of the molecule is CN=C(N)NCc1cc(C)[nH]n1.I. The first-order valence-corrected chi connectivity index (χ1v) is 3.69. The van der Waals surface area contributed by atoms with Gasteiger partial charge in [-0.1, -0.05) is 0 Å². The molecule has 0 saturated heterocycles. The summed E-state index contributed by atoms with van der Waals surface area (Å²) in [7, 11) is 1.64. The zero-order chi connectivity index (χ0) is 8.97. The van der Waals surface area contributed by atoms with E-state index in [-0.39, 0.29) is 24.0 Å². The fraction of sp³-hybridized carbons (Fsp3) is 0.429. The molecule has 0 spiro atoms. The van der Waals surface area contributed by atoms with E-state index in [1.54, 1.807) is 7.05 Å². The molecule has 5 nitrogen and oxygen atoms in total. The zero-order valence-electron chi connectivity index (χ0n) is 7.66. The number of H-pyrrole nitrogens is 1. The van der Waals surface area contributed by atoms with Gasteiger partial charge in [-0.25, -0.2) is 0 Å². The molecule has 0 saturated carbocycles. The maximum Gasteiger partial charge on any atom is 0.188 e. The molecule has 0 fully saturated rings. The first kappa shape index (κ1) is 12.2. The highest BCUT2D eigenvalue weighted by molar-refractivity contribution is 14.0. The van der Waals surface area contributed by atoms with E-state index in [1.165, 1.54) is 0 Å². The standard InChI is InChI=1S/C7H13N5.HI/c1-5-3-6(12-11-5)4-10-7(8)9-2;/h3H,4H2,1-2H3,(H,11,12)(H3,8,9,10);1H. The number of aromatic nitrogens is 2. The molecule has 0 aliphatic rings. The van der Waals surface area contributed by atoms with Gasteiger partial charge < -0.3 is 11.1 Å². The quantitative estimate of drug-likeness (QED) is 0.419. The number of nitrogens with two attached hydrogens (primary N) is 1. The van der Waals surface area contributed by atoms with E-state index in [4.69, 9.17) is 5.73 Å². The second-order valence-electron chi connectivity index (χ2n) is 2.50. The van der Waals surface area contributed by atoms with Crippen LogP contribution in [0.4, 0.5) is 0 Å². The van der Waals surface area contributed by atoms with Crippen LogP contribution < -0.4 is 11.1 Å². The molecule has 1 heterocycles. The van der Waals surface area contributed by atoms with Gasteiger partial charge in [-0.15, -0.1) is 24.0 Å². The van der Waals surface area contributed by atoms with Crippen molar-refractivity contribution in [3.05, 3.63) is 17.5 Å². The van der Waals surface area contributed by atoms with Crippen molar-refractivity contribution in [2.45, 2.75) is 13.5 Å². The molecule has 1 rings (SSSR count). The van der Waals surface area contributed by atoms with Crippen LogP contribution in [-0.2, 0) is 6.54 Å². The second kappa shape index (κ2) is 5.79. The molecule has 0 atom stereocenters. The summed E-state index contributed by atoms with van der Waals surface area (Å²) in [4.78, 5) is 3.76. The Kier molecular flexibility index (Phi) is 5.44. The molecule has 6 heteroatoms. The van der Waals surface area contributed by atoms with Crippen LogP contribution in [0.1, 0.15) is 11.4 Å². The van der Waals surface area contributed by atoms with Crippen LogP contribution >= 0.6 is 24.0 Å². The van der Waals surface area contributed by atoms with Crippen LogP contribution in [0.15, 0.2) is 11.1 Å². The molecule has 0 unspecified atom stereocenters. The number of rotatable bonds is 2. The molecular weight excluding hydrogens is 281 g/mol. The fourth-order valence-electron chi connectivity index (χ4n) is 0.825. The number of aromatic amines is 1. The lowest BCUT2D eigenvalue weighted by Gasteiger charge is -2.00. The number of hydrogen-bond acceptors (Lipinski definition) is 2. The van der Waals surface area contributed by atoms with E-state index in [1.807, 2.05) is 13.0 Å². The third-order valence-electron chi connectivity index (χ3n) is 1.45. The van der Waals surface area contributed by atoms with Gasteiger partial charge in [-0.05, 0) is 13.0 Å². The molecule has 1 aromatic rings. The van der Waals surface area contributed by atoms with Crippen LogP contribution in [0.2, 0.25) is 0 Å². The van der Waals surface area contributed by atoms with E-state index in [0.29, 0.717) is 12.5 Å². The highest BCUT2D eigenvalue weighted by Crippen LogP contribution is 1.95. The number of halogens is 1. The van der Waals surface area contributed by atoms with Crippen LogP contribution in [0.25, 0.3) is 0 Å². The van der Waals surface area contributed by atoms with Crippen molar-refractivity contribution in [1.82, 2.24) is 15.5 Å². The van der Waals surface area contributed by atoms with E-state index in [0.717, 1.165) is 11.4 Å². The van der Waals surface area contributed by atoms with Gasteiger partial charge in [-0.2, -0.15) is 5.10 Å². The van der Waals surface area contributed by atoms with Crippen molar-refractivity contribution < 1.29 is 0 Å². The molecule has 13 heavy (non-hydrogen) atoms. The minimum absolute atomic E-state index is 0. The lowest BCUT2D eigenvalue weighted by atomic mass is 10.4. The Morgan fingerprint density at radius 3 is 2.92 bits per heavy atom. The average Bonchev–Trinajstić information content (AvgIpc) is 2.47. The fourth-order valence-corrected chi connectivity index (χ4v) is 0.825. The largest absolute Gasteiger partial charge is 0.370 e. The summed E-state index contributed by atoms with van der Waals surface area (Å²) >= 11 is 0. The summed E-state index contributed by atoms with van der Waals surface area (Å²) < 4.78 is 0. The summed E-state index contributed by atoms with van der Waals surface area (Å²) in [5.41, 5.74) is 7.40. The Labute approximate surface area is 94.2 Å². The minimum atomic E-state index is 0. The van der Waals surface area contributed by atoms with Crippen molar-refractivity contribution >= 4 is 29.9 Å². The van der Waals surface area contributed by atoms with Crippen molar-refractivity contribution in [2.24, 2.45) is 10.7 Å². The van der Waals surface area contributed by atoms with Gasteiger partial charge in [-0.3, -0.25) is 10.1 Å². The van der Waals surface area contributed by atoms with Crippen LogP contribution in [-0.4, -0.2) is 23.2 Å². The van der Waals surface area contributed by atoms with Gasteiger partial charge >= 0.3 is 0 Å². The summed E-state index contributed by atoms with van der Waals surface area (Å²) in [5.74, 6) is 0.427. The number of guanidine groups is 1.